The van der Waals surface area contributed by atoms with Gasteiger partial charge in [0.1, 0.15) is 5.75 Å². The summed E-state index contributed by atoms with van der Waals surface area (Å²) in [4.78, 5) is 4.57. The van der Waals surface area contributed by atoms with Gasteiger partial charge in [0.15, 0.2) is 0 Å². The van der Waals surface area contributed by atoms with Crippen molar-refractivity contribution in [3.8, 4) is 17.0 Å². The predicted octanol–water partition coefficient (Wildman–Crippen LogP) is 7.56. The number of aryl methyl sites for hydroxylation is 1. The molecule has 2 rings (SSSR count). The molecule has 0 saturated carbocycles. The van der Waals surface area contributed by atoms with Crippen molar-refractivity contribution in [1.29, 1.82) is 0 Å². The third-order valence-corrected chi connectivity index (χ3v) is 5.17. The van der Waals surface area contributed by atoms with E-state index in [9.17, 15) is 4.39 Å². The highest BCUT2D eigenvalue weighted by Crippen LogP contribution is 2.22. The van der Waals surface area contributed by atoms with Crippen LogP contribution in [0.4, 0.5) is 4.39 Å². The lowest BCUT2D eigenvalue weighted by Crippen LogP contribution is -1.99. The molecule has 0 aliphatic rings. The molecule has 0 fully saturated rings. The second-order valence-electron chi connectivity index (χ2n) is 7.59. The Bertz CT molecular complexity index is 639. The number of rotatable bonds is 14. The Kier molecular flexibility index (Phi) is 10.6. The summed E-state index contributed by atoms with van der Waals surface area (Å²) in [7, 11) is 0. The van der Waals surface area contributed by atoms with Gasteiger partial charge in [0, 0.05) is 11.8 Å². The van der Waals surface area contributed by atoms with E-state index >= 15 is 0 Å². The average Bonchev–Trinajstić information content (AvgIpc) is 2.74. The van der Waals surface area contributed by atoms with Crippen LogP contribution in [0.3, 0.4) is 0 Å². The molecule has 0 spiro atoms. The lowest BCUT2D eigenvalue weighted by Gasteiger charge is -2.08. The molecule has 0 aliphatic carbocycles. The Morgan fingerprint density at radius 1 is 0.893 bits per heavy atom. The molecule has 28 heavy (non-hydrogen) atoms. The van der Waals surface area contributed by atoms with Gasteiger partial charge in [-0.15, -0.1) is 0 Å². The van der Waals surface area contributed by atoms with E-state index in [-0.39, 0.29) is 0 Å². The van der Waals surface area contributed by atoms with Gasteiger partial charge in [0.25, 0.3) is 0 Å². The molecule has 0 amide bonds. The lowest BCUT2D eigenvalue weighted by molar-refractivity contribution is 0.300. The molecule has 0 aliphatic heterocycles. The van der Waals surface area contributed by atoms with E-state index in [1.807, 2.05) is 31.3 Å². The van der Waals surface area contributed by atoms with Crippen molar-refractivity contribution in [2.45, 2.75) is 84.2 Å². The van der Waals surface area contributed by atoms with Crippen LogP contribution in [-0.2, 0) is 6.42 Å². The van der Waals surface area contributed by atoms with Crippen LogP contribution in [0.1, 0.15) is 77.2 Å². The van der Waals surface area contributed by atoms with Crippen LogP contribution >= 0.6 is 0 Å². The first-order valence-corrected chi connectivity index (χ1v) is 11.0. The Morgan fingerprint density at radius 2 is 1.64 bits per heavy atom. The molecule has 3 heteroatoms. The second kappa shape index (κ2) is 13.3. The van der Waals surface area contributed by atoms with Gasteiger partial charge in [-0.05, 0) is 68.0 Å². The molecule has 0 N–H and O–H groups in total. The first-order valence-electron chi connectivity index (χ1n) is 11.0. The van der Waals surface area contributed by atoms with E-state index in [4.69, 9.17) is 4.74 Å². The van der Waals surface area contributed by atoms with Gasteiger partial charge in [0.05, 0.1) is 18.5 Å². The molecule has 1 atom stereocenters. The SMILES string of the molecule is CCCCCCCCOc1ccc(-c2ccc(CCCC(F)CC)cn2)cc1. The van der Waals surface area contributed by atoms with E-state index in [2.05, 4.69) is 30.1 Å². The zero-order valence-corrected chi connectivity index (χ0v) is 17.6. The third-order valence-electron chi connectivity index (χ3n) is 5.17. The molecule has 2 aromatic rings. The highest BCUT2D eigenvalue weighted by atomic mass is 19.1. The summed E-state index contributed by atoms with van der Waals surface area (Å²) in [5.74, 6) is 0.922. The molecule has 1 aromatic heterocycles. The number of ether oxygens (including phenoxy) is 1. The van der Waals surface area contributed by atoms with Gasteiger partial charge >= 0.3 is 0 Å². The normalized spacial score (nSPS) is 12.1. The summed E-state index contributed by atoms with van der Waals surface area (Å²) in [5.41, 5.74) is 3.22. The van der Waals surface area contributed by atoms with Crippen molar-refractivity contribution >= 4 is 0 Å². The highest BCUT2D eigenvalue weighted by molar-refractivity contribution is 5.60. The Hall–Kier alpha value is -1.90. The maximum Gasteiger partial charge on any atom is 0.119 e. The molecule has 0 radical (unpaired) electrons. The molecular formula is C25H36FNO. The number of pyridine rings is 1. The van der Waals surface area contributed by atoms with E-state index in [1.54, 1.807) is 0 Å². The highest BCUT2D eigenvalue weighted by Gasteiger charge is 2.04. The number of nitrogens with zero attached hydrogens (tertiary/aromatic N) is 1. The van der Waals surface area contributed by atoms with Crippen LogP contribution in [0.5, 0.6) is 5.75 Å². The van der Waals surface area contributed by atoms with Gasteiger partial charge in [-0.3, -0.25) is 4.98 Å². The summed E-state index contributed by atoms with van der Waals surface area (Å²) in [6.45, 7) is 4.93. The van der Waals surface area contributed by atoms with E-state index in [1.165, 1.54) is 37.7 Å². The maximum atomic E-state index is 13.3. The predicted molar refractivity (Wildman–Crippen MR) is 117 cm³/mol. The molecule has 1 aromatic carbocycles. The van der Waals surface area contributed by atoms with Crippen LogP contribution in [0.25, 0.3) is 11.3 Å². The summed E-state index contributed by atoms with van der Waals surface area (Å²) < 4.78 is 19.1. The van der Waals surface area contributed by atoms with Gasteiger partial charge in [-0.1, -0.05) is 52.0 Å². The molecule has 0 bridgehead atoms. The van der Waals surface area contributed by atoms with Crippen LogP contribution in [0.2, 0.25) is 0 Å². The fourth-order valence-corrected chi connectivity index (χ4v) is 3.27. The third kappa shape index (κ3) is 8.41. The number of unbranched alkanes of at least 4 members (excludes halogenated alkanes) is 5. The van der Waals surface area contributed by atoms with Crippen LogP contribution < -0.4 is 4.74 Å². The van der Waals surface area contributed by atoms with Gasteiger partial charge in [0.2, 0.25) is 0 Å². The zero-order chi connectivity index (χ0) is 20.0. The molecular weight excluding hydrogens is 349 g/mol. The van der Waals surface area contributed by atoms with Crippen LogP contribution in [0, 0.1) is 0 Å². The minimum atomic E-state index is -0.672. The minimum Gasteiger partial charge on any atom is -0.494 e. The molecule has 0 saturated heterocycles. The number of halogens is 1. The first kappa shape index (κ1) is 22.4. The van der Waals surface area contributed by atoms with E-state index < -0.39 is 6.17 Å². The summed E-state index contributed by atoms with van der Waals surface area (Å²) in [6.07, 6.45) is 11.9. The number of hydrogen-bond acceptors (Lipinski definition) is 2. The van der Waals surface area contributed by atoms with Crippen molar-refractivity contribution < 1.29 is 9.13 Å². The standard InChI is InChI=1S/C25H36FNO/c1-3-5-6-7-8-9-19-28-24-16-14-22(15-17-24)25-18-13-21(20-27-25)11-10-12-23(26)4-2/h13-18,20,23H,3-12,19H2,1-2H3. The van der Waals surface area contributed by atoms with Gasteiger partial charge < -0.3 is 4.74 Å². The zero-order valence-electron chi connectivity index (χ0n) is 17.6. The number of alkyl halides is 1. The quantitative estimate of drug-likeness (QED) is 0.313. The molecule has 2 nitrogen and oxygen atoms in total. The van der Waals surface area contributed by atoms with E-state index in [0.717, 1.165) is 42.9 Å². The number of benzene rings is 1. The molecule has 1 heterocycles. The van der Waals surface area contributed by atoms with Gasteiger partial charge in [-0.25, -0.2) is 4.39 Å². The fraction of sp³-hybridized carbons (Fsp3) is 0.560. The van der Waals surface area contributed by atoms with Crippen molar-refractivity contribution in [2.24, 2.45) is 0 Å². The Labute approximate surface area is 170 Å². The average molecular weight is 386 g/mol. The first-order chi connectivity index (χ1) is 13.7. The lowest BCUT2D eigenvalue weighted by atomic mass is 10.1. The fourth-order valence-electron chi connectivity index (χ4n) is 3.27. The number of hydrogen-bond donors (Lipinski definition) is 0. The Morgan fingerprint density at radius 3 is 2.32 bits per heavy atom. The summed E-state index contributed by atoms with van der Waals surface area (Å²) in [5, 5.41) is 0. The monoisotopic (exact) mass is 385 g/mol. The number of aromatic nitrogens is 1. The maximum absolute atomic E-state index is 13.3. The summed E-state index contributed by atoms with van der Waals surface area (Å²) in [6, 6.07) is 12.3. The van der Waals surface area contributed by atoms with Crippen molar-refractivity contribution in [2.75, 3.05) is 6.61 Å². The van der Waals surface area contributed by atoms with Crippen LogP contribution in [-0.4, -0.2) is 17.8 Å². The van der Waals surface area contributed by atoms with Crippen molar-refractivity contribution in [1.82, 2.24) is 4.98 Å². The van der Waals surface area contributed by atoms with Crippen molar-refractivity contribution in [3.05, 3.63) is 48.2 Å². The Balaban J connectivity index is 1.73. The van der Waals surface area contributed by atoms with Gasteiger partial charge in [-0.2, -0.15) is 0 Å². The minimum absolute atomic E-state index is 0.607. The topological polar surface area (TPSA) is 22.1 Å². The van der Waals surface area contributed by atoms with Crippen molar-refractivity contribution in [3.63, 3.8) is 0 Å². The largest absolute Gasteiger partial charge is 0.494 e. The molecule has 1 unspecified atom stereocenters. The smallest absolute Gasteiger partial charge is 0.119 e. The van der Waals surface area contributed by atoms with E-state index in [0.29, 0.717) is 12.8 Å². The van der Waals surface area contributed by atoms with Crippen LogP contribution in [0.15, 0.2) is 42.6 Å². The molecule has 154 valence electrons. The summed E-state index contributed by atoms with van der Waals surface area (Å²) >= 11 is 0. The second-order valence-corrected chi connectivity index (χ2v) is 7.59.